The van der Waals surface area contributed by atoms with Gasteiger partial charge < -0.3 is 19.7 Å². The highest BCUT2D eigenvalue weighted by molar-refractivity contribution is 6.58. The molecule has 2 aromatic rings. The van der Waals surface area contributed by atoms with Gasteiger partial charge in [-0.25, -0.2) is 9.97 Å². The van der Waals surface area contributed by atoms with Crippen LogP contribution in [-0.2, 0) is 13.0 Å². The Labute approximate surface area is 153 Å². The number of allylic oxidation sites excluding steroid dienone is 1. The lowest BCUT2D eigenvalue weighted by atomic mass is 9.79. The van der Waals surface area contributed by atoms with Gasteiger partial charge in [0.1, 0.15) is 24.5 Å². The lowest BCUT2D eigenvalue weighted by molar-refractivity contribution is 0.331. The molecule has 0 saturated carbocycles. The van der Waals surface area contributed by atoms with Crippen LogP contribution in [0.2, 0.25) is 0 Å². The van der Waals surface area contributed by atoms with Crippen LogP contribution in [0.1, 0.15) is 30.7 Å². The molecule has 7 heteroatoms. The number of ether oxygens (including phenoxy) is 1. The summed E-state index contributed by atoms with van der Waals surface area (Å²) in [5.41, 5.74) is 3.58. The Bertz CT molecular complexity index is 867. The van der Waals surface area contributed by atoms with Crippen molar-refractivity contribution >= 4 is 24.5 Å². The van der Waals surface area contributed by atoms with Crippen molar-refractivity contribution < 1.29 is 14.8 Å². The zero-order valence-corrected chi connectivity index (χ0v) is 15.0. The standard InChI is InChI=1S/C19H22BN3O3/c1-19(2)6-5-16-15(10-19)18(22-12-21-16)23-7-8-26-17-4-3-14(20(24)25)9-13(17)11-23/h3-6,9,12,24-25H,7-8,10-11H2,1-2H3. The molecule has 0 saturated heterocycles. The van der Waals surface area contributed by atoms with Gasteiger partial charge in [0.15, 0.2) is 0 Å². The summed E-state index contributed by atoms with van der Waals surface area (Å²) in [6, 6.07) is 5.27. The second-order valence-electron chi connectivity index (χ2n) is 7.57. The number of hydrogen-bond donors (Lipinski definition) is 2. The summed E-state index contributed by atoms with van der Waals surface area (Å²) in [6.45, 7) is 6.27. The van der Waals surface area contributed by atoms with Crippen LogP contribution >= 0.6 is 0 Å². The zero-order valence-electron chi connectivity index (χ0n) is 15.0. The van der Waals surface area contributed by atoms with Gasteiger partial charge in [0.25, 0.3) is 0 Å². The maximum absolute atomic E-state index is 9.47. The predicted octanol–water partition coefficient (Wildman–Crippen LogP) is 1.15. The Balaban J connectivity index is 1.72. The first kappa shape index (κ1) is 17.1. The van der Waals surface area contributed by atoms with Crippen molar-refractivity contribution in [2.75, 3.05) is 18.1 Å². The lowest BCUT2D eigenvalue weighted by Crippen LogP contribution is -2.31. The number of benzene rings is 1. The highest BCUT2D eigenvalue weighted by Gasteiger charge is 2.28. The average molecular weight is 351 g/mol. The van der Waals surface area contributed by atoms with Crippen molar-refractivity contribution in [3.63, 3.8) is 0 Å². The van der Waals surface area contributed by atoms with Gasteiger partial charge in [-0.05, 0) is 29.4 Å². The Morgan fingerprint density at radius 1 is 1.23 bits per heavy atom. The minimum Gasteiger partial charge on any atom is -0.491 e. The molecule has 26 heavy (non-hydrogen) atoms. The molecule has 0 amide bonds. The fraction of sp³-hybridized carbons (Fsp3) is 0.368. The minimum absolute atomic E-state index is 0.0703. The van der Waals surface area contributed by atoms with E-state index in [2.05, 4.69) is 40.9 Å². The van der Waals surface area contributed by atoms with Crippen LogP contribution < -0.4 is 15.1 Å². The van der Waals surface area contributed by atoms with Crippen molar-refractivity contribution in [3.8, 4) is 5.75 Å². The third-order valence-electron chi connectivity index (χ3n) is 4.94. The fourth-order valence-electron chi connectivity index (χ4n) is 3.58. The molecule has 6 nitrogen and oxygen atoms in total. The topological polar surface area (TPSA) is 78.7 Å². The van der Waals surface area contributed by atoms with Crippen molar-refractivity contribution in [1.82, 2.24) is 9.97 Å². The van der Waals surface area contributed by atoms with E-state index in [9.17, 15) is 10.0 Å². The van der Waals surface area contributed by atoms with Crippen molar-refractivity contribution in [2.24, 2.45) is 5.41 Å². The van der Waals surface area contributed by atoms with Crippen LogP contribution in [0.3, 0.4) is 0 Å². The van der Waals surface area contributed by atoms with Gasteiger partial charge in [-0.3, -0.25) is 0 Å². The second kappa shape index (κ2) is 6.41. The molecule has 1 aliphatic carbocycles. The van der Waals surface area contributed by atoms with Crippen LogP contribution in [0.5, 0.6) is 5.75 Å². The molecule has 0 bridgehead atoms. The molecule has 4 rings (SSSR count). The van der Waals surface area contributed by atoms with Crippen molar-refractivity contribution in [3.05, 3.63) is 47.4 Å². The molecule has 0 unspecified atom stereocenters. The van der Waals surface area contributed by atoms with Gasteiger partial charge in [0, 0.05) is 17.7 Å². The molecular weight excluding hydrogens is 329 g/mol. The second-order valence-corrected chi connectivity index (χ2v) is 7.57. The Kier molecular flexibility index (Phi) is 4.21. The summed E-state index contributed by atoms with van der Waals surface area (Å²) >= 11 is 0. The van der Waals surface area contributed by atoms with Gasteiger partial charge in [0.2, 0.25) is 0 Å². The van der Waals surface area contributed by atoms with Gasteiger partial charge in [-0.1, -0.05) is 32.1 Å². The predicted molar refractivity (Wildman–Crippen MR) is 101 cm³/mol. The van der Waals surface area contributed by atoms with Gasteiger partial charge in [0.05, 0.1) is 12.2 Å². The van der Waals surface area contributed by atoms with E-state index in [-0.39, 0.29) is 5.41 Å². The summed E-state index contributed by atoms with van der Waals surface area (Å²) in [6.07, 6.45) is 6.76. The fourth-order valence-corrected chi connectivity index (χ4v) is 3.58. The van der Waals surface area contributed by atoms with Crippen LogP contribution in [0.25, 0.3) is 6.08 Å². The van der Waals surface area contributed by atoms with Gasteiger partial charge in [-0.2, -0.15) is 0 Å². The molecule has 1 aromatic heterocycles. The average Bonchev–Trinajstić information content (AvgIpc) is 2.82. The number of aromatic nitrogens is 2. The summed E-state index contributed by atoms with van der Waals surface area (Å²) in [4.78, 5) is 11.2. The van der Waals surface area contributed by atoms with Gasteiger partial charge >= 0.3 is 7.12 Å². The van der Waals surface area contributed by atoms with E-state index in [0.29, 0.717) is 25.2 Å². The molecule has 1 aliphatic heterocycles. The Morgan fingerprint density at radius 2 is 2.08 bits per heavy atom. The third-order valence-corrected chi connectivity index (χ3v) is 4.94. The van der Waals surface area contributed by atoms with E-state index in [1.54, 1.807) is 24.5 Å². The van der Waals surface area contributed by atoms with Crippen LogP contribution in [0.15, 0.2) is 30.6 Å². The van der Waals surface area contributed by atoms with E-state index in [4.69, 9.17) is 4.74 Å². The highest BCUT2D eigenvalue weighted by Crippen LogP contribution is 2.36. The van der Waals surface area contributed by atoms with Crippen LogP contribution in [-0.4, -0.2) is 40.3 Å². The van der Waals surface area contributed by atoms with Crippen LogP contribution in [0.4, 0.5) is 5.82 Å². The quantitative estimate of drug-likeness (QED) is 0.791. The number of rotatable bonds is 2. The summed E-state index contributed by atoms with van der Waals surface area (Å²) in [5.74, 6) is 1.71. The Morgan fingerprint density at radius 3 is 2.88 bits per heavy atom. The molecule has 2 heterocycles. The summed E-state index contributed by atoms with van der Waals surface area (Å²) < 4.78 is 5.86. The normalized spacial score (nSPS) is 17.8. The smallest absolute Gasteiger partial charge is 0.488 e. The highest BCUT2D eigenvalue weighted by atomic mass is 16.5. The number of hydrogen-bond acceptors (Lipinski definition) is 6. The van der Waals surface area contributed by atoms with Crippen molar-refractivity contribution in [2.45, 2.75) is 26.8 Å². The molecule has 2 N–H and O–H groups in total. The first-order chi connectivity index (χ1) is 12.4. The van der Waals surface area contributed by atoms with E-state index >= 15 is 0 Å². The van der Waals surface area contributed by atoms with Gasteiger partial charge in [-0.15, -0.1) is 0 Å². The number of anilines is 1. The molecule has 0 fully saturated rings. The number of fused-ring (bicyclic) bond motifs is 2. The maximum Gasteiger partial charge on any atom is 0.488 e. The largest absolute Gasteiger partial charge is 0.491 e. The van der Waals surface area contributed by atoms with E-state index < -0.39 is 7.12 Å². The Hall–Kier alpha value is -2.38. The van der Waals surface area contributed by atoms with E-state index in [1.807, 2.05) is 0 Å². The summed E-state index contributed by atoms with van der Waals surface area (Å²) in [7, 11) is -1.49. The maximum atomic E-state index is 9.47. The molecule has 1 aromatic carbocycles. The van der Waals surface area contributed by atoms with Crippen molar-refractivity contribution in [1.29, 1.82) is 0 Å². The number of nitrogens with zero attached hydrogens (tertiary/aromatic N) is 3. The van der Waals surface area contributed by atoms with E-state index in [1.165, 1.54) is 0 Å². The molecule has 2 aliphatic rings. The lowest BCUT2D eigenvalue weighted by Gasteiger charge is -2.30. The zero-order chi connectivity index (χ0) is 18.3. The minimum atomic E-state index is -1.49. The monoisotopic (exact) mass is 351 g/mol. The molecule has 134 valence electrons. The third kappa shape index (κ3) is 3.20. The summed E-state index contributed by atoms with van der Waals surface area (Å²) in [5, 5.41) is 18.9. The molecular formula is C19H22BN3O3. The first-order valence-corrected chi connectivity index (χ1v) is 8.83. The first-order valence-electron chi connectivity index (χ1n) is 8.83. The molecule has 0 spiro atoms. The van der Waals surface area contributed by atoms with E-state index in [0.717, 1.165) is 34.8 Å². The molecule has 0 radical (unpaired) electrons. The van der Waals surface area contributed by atoms with Crippen LogP contribution in [0, 0.1) is 5.41 Å². The molecule has 0 atom stereocenters. The SMILES string of the molecule is CC1(C)C=Cc2ncnc(N3CCOc4ccc(B(O)O)cc4C3)c2C1.